The smallest absolute Gasteiger partial charge is 0.303 e. The van der Waals surface area contributed by atoms with Crippen molar-refractivity contribution in [3.63, 3.8) is 0 Å². The lowest BCUT2D eigenvalue weighted by Gasteiger charge is -2.34. The van der Waals surface area contributed by atoms with Crippen LogP contribution in [0.25, 0.3) is 0 Å². The molecule has 30 heavy (non-hydrogen) atoms. The van der Waals surface area contributed by atoms with Gasteiger partial charge in [-0.15, -0.1) is 0 Å². The maximum absolute atomic E-state index is 11.7. The summed E-state index contributed by atoms with van der Waals surface area (Å²) >= 11 is 0. The maximum Gasteiger partial charge on any atom is 0.303 e. The number of carbonyl (C=O) groups is 5. The van der Waals surface area contributed by atoms with Crippen LogP contribution in [-0.2, 0) is 42.9 Å². The Hall–Kier alpha value is -3.51. The van der Waals surface area contributed by atoms with Gasteiger partial charge in [0.2, 0.25) is 12.1 Å². The van der Waals surface area contributed by atoms with Crippen LogP contribution in [0.5, 0.6) is 0 Å². The molecule has 1 amide bonds. The number of carbonyl (C=O) groups excluding carboxylic acids is 5. The molecule has 0 aromatic heterocycles. The molecular weight excluding hydrogens is 408 g/mol. The molecule has 0 spiro atoms. The van der Waals surface area contributed by atoms with E-state index in [0.717, 1.165) is 40.7 Å². The summed E-state index contributed by atoms with van der Waals surface area (Å²) in [5.74, 6) is -4.03. The minimum atomic E-state index is -1.59. The first kappa shape index (κ1) is 26.5. The summed E-state index contributed by atoms with van der Waals surface area (Å²) in [5.41, 5.74) is 0. The average molecular weight is 432 g/mol. The second-order valence-corrected chi connectivity index (χ2v) is 5.95. The van der Waals surface area contributed by atoms with Gasteiger partial charge in [-0.3, -0.25) is 34.1 Å². The van der Waals surface area contributed by atoms with Gasteiger partial charge in [0.1, 0.15) is 6.61 Å². The molecule has 13 nitrogen and oxygen atoms in total. The monoisotopic (exact) mass is 432 g/mol. The second kappa shape index (κ2) is 12.9. The molecule has 0 aliphatic heterocycles. The summed E-state index contributed by atoms with van der Waals surface area (Å²) in [5, 5.41) is 13.0. The Kier molecular flexibility index (Phi) is 11.3. The van der Waals surface area contributed by atoms with Crippen LogP contribution in [0.15, 0.2) is 12.3 Å². The molecule has 0 saturated carbocycles. The number of nitrogens with one attached hydrogen (secondary N) is 1. The molecule has 0 aromatic rings. The zero-order valence-corrected chi connectivity index (χ0v) is 17.1. The quantitative estimate of drug-likeness (QED) is 0.195. The topological polar surface area (TPSA) is 177 Å². The summed E-state index contributed by atoms with van der Waals surface area (Å²) in [4.78, 5) is 67.5. The first-order chi connectivity index (χ1) is 13.8. The number of nitro groups is 1. The average Bonchev–Trinajstić information content (AvgIpc) is 2.57. The molecular formula is C17H24N2O11. The van der Waals surface area contributed by atoms with E-state index >= 15 is 0 Å². The molecule has 4 atom stereocenters. The van der Waals surface area contributed by atoms with Crippen molar-refractivity contribution >= 4 is 29.8 Å². The summed E-state index contributed by atoms with van der Waals surface area (Å²) in [7, 11) is 0. The Morgan fingerprint density at radius 3 is 1.77 bits per heavy atom. The van der Waals surface area contributed by atoms with Crippen molar-refractivity contribution in [1.29, 1.82) is 0 Å². The Bertz CT molecular complexity index is 704. The van der Waals surface area contributed by atoms with E-state index in [2.05, 4.69) is 5.32 Å². The number of hydrogen-bond acceptors (Lipinski definition) is 11. The predicted molar refractivity (Wildman–Crippen MR) is 97.0 cm³/mol. The van der Waals surface area contributed by atoms with Gasteiger partial charge in [0, 0.05) is 40.7 Å². The van der Waals surface area contributed by atoms with Gasteiger partial charge in [0.15, 0.2) is 18.3 Å². The number of rotatable bonds is 11. The van der Waals surface area contributed by atoms with E-state index in [1.165, 1.54) is 0 Å². The fourth-order valence-corrected chi connectivity index (χ4v) is 2.33. The van der Waals surface area contributed by atoms with Crippen molar-refractivity contribution < 1.29 is 47.8 Å². The van der Waals surface area contributed by atoms with Crippen LogP contribution in [0.2, 0.25) is 0 Å². The summed E-state index contributed by atoms with van der Waals surface area (Å²) in [6.45, 7) is 4.64. The molecule has 0 fully saturated rings. The highest BCUT2D eigenvalue weighted by atomic mass is 16.6. The third-order valence-corrected chi connectivity index (χ3v) is 3.20. The van der Waals surface area contributed by atoms with Crippen LogP contribution in [0.3, 0.4) is 0 Å². The minimum absolute atomic E-state index is 0.481. The van der Waals surface area contributed by atoms with Gasteiger partial charge in [-0.05, 0) is 0 Å². The number of hydrogen-bond donors (Lipinski definition) is 1. The van der Waals surface area contributed by atoms with E-state index in [-0.39, 0.29) is 0 Å². The standard InChI is InChI=1S/C17H24N2O11/c1-9(20)18-14(6-7-19(25)26)16(29-12(4)23)17(30-13(5)24)15(28-11(3)22)8-27-10(2)21/h6-7,14-17H,8H2,1-5H3,(H,18,20)/b7-6+/t14-,15-,16-,17-/m1/s1. The number of amides is 1. The van der Waals surface area contributed by atoms with Crippen molar-refractivity contribution in [2.75, 3.05) is 6.61 Å². The van der Waals surface area contributed by atoms with Gasteiger partial charge in [-0.1, -0.05) is 0 Å². The van der Waals surface area contributed by atoms with Gasteiger partial charge in [-0.2, -0.15) is 0 Å². The van der Waals surface area contributed by atoms with E-state index in [9.17, 15) is 34.1 Å². The highest BCUT2D eigenvalue weighted by Gasteiger charge is 2.42. The fraction of sp³-hybridized carbons (Fsp3) is 0.588. The van der Waals surface area contributed by atoms with E-state index in [4.69, 9.17) is 18.9 Å². The number of nitrogens with zero attached hydrogens (tertiary/aromatic N) is 1. The Morgan fingerprint density at radius 2 is 1.37 bits per heavy atom. The van der Waals surface area contributed by atoms with Crippen LogP contribution < -0.4 is 5.32 Å². The normalized spacial score (nSPS) is 14.6. The molecule has 1 N–H and O–H groups in total. The molecule has 0 aromatic carbocycles. The van der Waals surface area contributed by atoms with Crippen LogP contribution >= 0.6 is 0 Å². The third-order valence-electron chi connectivity index (χ3n) is 3.20. The largest absolute Gasteiger partial charge is 0.462 e. The van der Waals surface area contributed by atoms with E-state index in [0.29, 0.717) is 6.20 Å². The highest BCUT2D eigenvalue weighted by Crippen LogP contribution is 2.19. The van der Waals surface area contributed by atoms with Crippen molar-refractivity contribution in [1.82, 2.24) is 5.32 Å². The number of ether oxygens (including phenoxy) is 4. The minimum Gasteiger partial charge on any atom is -0.462 e. The zero-order chi connectivity index (χ0) is 23.4. The first-order valence-electron chi connectivity index (χ1n) is 8.57. The summed E-state index contributed by atoms with van der Waals surface area (Å²) < 4.78 is 20.2. The molecule has 0 aliphatic rings. The Labute approximate surface area is 171 Å². The second-order valence-electron chi connectivity index (χ2n) is 5.95. The molecule has 0 rings (SSSR count). The first-order valence-corrected chi connectivity index (χ1v) is 8.57. The molecule has 0 radical (unpaired) electrons. The van der Waals surface area contributed by atoms with E-state index in [1.54, 1.807) is 0 Å². The van der Waals surface area contributed by atoms with Gasteiger partial charge >= 0.3 is 23.9 Å². The summed E-state index contributed by atoms with van der Waals surface area (Å²) in [6, 6.07) is -1.36. The van der Waals surface area contributed by atoms with Crippen molar-refractivity contribution in [3.05, 3.63) is 22.4 Å². The van der Waals surface area contributed by atoms with Crippen LogP contribution in [-0.4, -0.2) is 65.7 Å². The van der Waals surface area contributed by atoms with Crippen molar-refractivity contribution in [3.8, 4) is 0 Å². The molecule has 0 heterocycles. The van der Waals surface area contributed by atoms with Crippen molar-refractivity contribution in [2.45, 2.75) is 59.0 Å². The molecule has 0 aliphatic carbocycles. The van der Waals surface area contributed by atoms with Crippen LogP contribution in [0.4, 0.5) is 0 Å². The third kappa shape index (κ3) is 11.4. The Balaban J connectivity index is 6.33. The van der Waals surface area contributed by atoms with Gasteiger partial charge in [0.05, 0.1) is 11.0 Å². The molecule has 0 saturated heterocycles. The van der Waals surface area contributed by atoms with Crippen LogP contribution in [0, 0.1) is 10.1 Å². The SMILES string of the molecule is CC(=O)N[C@H](/C=C/[N+](=O)[O-])[C@@H](OC(C)=O)[C@H](OC(C)=O)[C@@H](COC(C)=O)OC(C)=O. The lowest BCUT2D eigenvalue weighted by molar-refractivity contribution is -0.402. The highest BCUT2D eigenvalue weighted by molar-refractivity contribution is 5.74. The molecule has 168 valence electrons. The molecule has 0 bridgehead atoms. The van der Waals surface area contributed by atoms with Gasteiger partial charge in [0.25, 0.3) is 0 Å². The Morgan fingerprint density at radius 1 is 0.867 bits per heavy atom. The predicted octanol–water partition coefficient (Wildman–Crippen LogP) is -0.360. The summed E-state index contributed by atoms with van der Waals surface area (Å²) in [6.07, 6.45) is -3.26. The fourth-order valence-electron chi connectivity index (χ4n) is 2.33. The maximum atomic E-state index is 11.7. The number of esters is 4. The van der Waals surface area contributed by atoms with Gasteiger partial charge in [-0.25, -0.2) is 0 Å². The molecule has 0 unspecified atom stereocenters. The van der Waals surface area contributed by atoms with E-state index in [1.807, 2.05) is 0 Å². The van der Waals surface area contributed by atoms with Crippen LogP contribution in [0.1, 0.15) is 34.6 Å². The van der Waals surface area contributed by atoms with E-state index < -0.39 is 65.7 Å². The van der Waals surface area contributed by atoms with Crippen molar-refractivity contribution in [2.24, 2.45) is 0 Å². The van der Waals surface area contributed by atoms with Gasteiger partial charge < -0.3 is 24.3 Å². The zero-order valence-electron chi connectivity index (χ0n) is 17.1. The lowest BCUT2D eigenvalue weighted by atomic mass is 9.99. The lowest BCUT2D eigenvalue weighted by Crippen LogP contribution is -2.56. The molecule has 13 heteroatoms.